The number of nitrogens with one attached hydrogen (secondary N) is 2. The van der Waals surface area contributed by atoms with Gasteiger partial charge in [-0.05, 0) is 58.4 Å². The molecule has 3 amide bonds. The molecule has 2 unspecified atom stereocenters. The molecule has 1 saturated heterocycles. The molecule has 194 valence electrons. The van der Waals surface area contributed by atoms with Gasteiger partial charge in [-0.3, -0.25) is 9.69 Å². The molecular formula is C26H39N3O6. The maximum Gasteiger partial charge on any atom is 0.411 e. The molecule has 2 fully saturated rings. The van der Waals surface area contributed by atoms with E-state index in [0.717, 1.165) is 31.2 Å². The number of alkyl carbamates (subject to hydrolysis) is 1. The Balaban J connectivity index is 1.74. The number of ether oxygens (including phenoxy) is 2. The maximum atomic E-state index is 13.6. The third-order valence-corrected chi connectivity index (χ3v) is 6.45. The zero-order valence-electron chi connectivity index (χ0n) is 21.0. The van der Waals surface area contributed by atoms with Gasteiger partial charge in [-0.25, -0.2) is 9.59 Å². The van der Waals surface area contributed by atoms with E-state index in [4.69, 9.17) is 9.47 Å². The standard InChI is InChI=1S/C26H39N3O6/c1-25(2,3)35-23(32)28-26(15-9-5-10-16-26)22(31)27-21-20(30)14-8-11-17-29(21)24(33)34-18-19-12-6-4-7-13-19/h4,6-7,12-13,20-21,30H,5,8-11,14-18H2,1-3H3,(H,27,31)(H,28,32). The molecule has 3 N–H and O–H groups in total. The number of nitrogens with zero attached hydrogens (tertiary/aromatic N) is 1. The van der Waals surface area contributed by atoms with Crippen LogP contribution in [-0.2, 0) is 20.9 Å². The third kappa shape index (κ3) is 7.59. The van der Waals surface area contributed by atoms with Crippen molar-refractivity contribution in [1.82, 2.24) is 15.5 Å². The number of aliphatic hydroxyl groups excluding tert-OH is 1. The summed E-state index contributed by atoms with van der Waals surface area (Å²) in [6.45, 7) is 5.74. The Labute approximate surface area is 207 Å². The molecule has 1 saturated carbocycles. The topological polar surface area (TPSA) is 117 Å². The Morgan fingerprint density at radius 2 is 1.74 bits per heavy atom. The molecule has 35 heavy (non-hydrogen) atoms. The first-order valence-corrected chi connectivity index (χ1v) is 12.6. The molecule has 1 aliphatic heterocycles. The van der Waals surface area contributed by atoms with Crippen molar-refractivity contribution in [3.8, 4) is 0 Å². The number of aliphatic hydroxyl groups is 1. The number of carbonyl (C=O) groups is 3. The number of amides is 3. The van der Waals surface area contributed by atoms with E-state index >= 15 is 0 Å². The van der Waals surface area contributed by atoms with Crippen molar-refractivity contribution < 1.29 is 29.0 Å². The van der Waals surface area contributed by atoms with Crippen molar-refractivity contribution in [3.05, 3.63) is 35.9 Å². The fraction of sp³-hybridized carbons (Fsp3) is 0.654. The lowest BCUT2D eigenvalue weighted by Gasteiger charge is -2.40. The van der Waals surface area contributed by atoms with Crippen molar-refractivity contribution in [2.24, 2.45) is 0 Å². The minimum absolute atomic E-state index is 0.0943. The first-order chi connectivity index (χ1) is 16.6. The van der Waals surface area contributed by atoms with E-state index < -0.39 is 41.5 Å². The zero-order valence-corrected chi connectivity index (χ0v) is 21.0. The molecule has 0 bridgehead atoms. The van der Waals surface area contributed by atoms with Crippen LogP contribution < -0.4 is 10.6 Å². The predicted molar refractivity (Wildman–Crippen MR) is 130 cm³/mol. The number of benzene rings is 1. The summed E-state index contributed by atoms with van der Waals surface area (Å²) in [7, 11) is 0. The van der Waals surface area contributed by atoms with Crippen molar-refractivity contribution in [2.45, 2.75) is 102 Å². The van der Waals surface area contributed by atoms with Gasteiger partial charge in [-0.2, -0.15) is 0 Å². The lowest BCUT2D eigenvalue weighted by molar-refractivity contribution is -0.132. The highest BCUT2D eigenvalue weighted by Crippen LogP contribution is 2.30. The maximum absolute atomic E-state index is 13.6. The molecule has 1 aromatic rings. The van der Waals surface area contributed by atoms with Crippen LogP contribution in [-0.4, -0.2) is 58.1 Å². The van der Waals surface area contributed by atoms with Crippen LogP contribution >= 0.6 is 0 Å². The first kappa shape index (κ1) is 26.8. The second kappa shape index (κ2) is 11.7. The van der Waals surface area contributed by atoms with Gasteiger partial charge in [-0.1, -0.05) is 49.6 Å². The highest BCUT2D eigenvalue weighted by atomic mass is 16.6. The summed E-state index contributed by atoms with van der Waals surface area (Å²) in [6.07, 6.45) is 2.13. The van der Waals surface area contributed by atoms with Crippen molar-refractivity contribution in [3.63, 3.8) is 0 Å². The van der Waals surface area contributed by atoms with Gasteiger partial charge in [0.25, 0.3) is 0 Å². The molecule has 9 nitrogen and oxygen atoms in total. The molecule has 3 rings (SSSR count). The summed E-state index contributed by atoms with van der Waals surface area (Å²) in [5, 5.41) is 16.5. The van der Waals surface area contributed by atoms with Crippen LogP contribution in [0.15, 0.2) is 30.3 Å². The largest absolute Gasteiger partial charge is 0.444 e. The molecule has 1 aromatic carbocycles. The summed E-state index contributed by atoms with van der Waals surface area (Å²) in [4.78, 5) is 40.6. The van der Waals surface area contributed by atoms with E-state index in [1.54, 1.807) is 20.8 Å². The average molecular weight is 490 g/mol. The molecule has 1 aliphatic carbocycles. The van der Waals surface area contributed by atoms with Crippen LogP contribution in [0.2, 0.25) is 0 Å². The minimum atomic E-state index is -1.16. The van der Waals surface area contributed by atoms with Gasteiger partial charge in [0.15, 0.2) is 0 Å². The van der Waals surface area contributed by atoms with Gasteiger partial charge in [0.05, 0.1) is 6.10 Å². The van der Waals surface area contributed by atoms with Gasteiger partial charge in [0.1, 0.15) is 23.9 Å². The summed E-state index contributed by atoms with van der Waals surface area (Å²) in [5.41, 5.74) is -1.01. The van der Waals surface area contributed by atoms with Crippen LogP contribution in [0.3, 0.4) is 0 Å². The highest BCUT2D eigenvalue weighted by molar-refractivity contribution is 5.90. The second-order valence-corrected chi connectivity index (χ2v) is 10.5. The van der Waals surface area contributed by atoms with Gasteiger partial charge in [-0.15, -0.1) is 0 Å². The zero-order chi connectivity index (χ0) is 25.5. The summed E-state index contributed by atoms with van der Waals surface area (Å²) < 4.78 is 10.9. The Morgan fingerprint density at radius 1 is 1.06 bits per heavy atom. The molecule has 0 spiro atoms. The van der Waals surface area contributed by atoms with Crippen LogP contribution in [0.5, 0.6) is 0 Å². The highest BCUT2D eigenvalue weighted by Gasteiger charge is 2.45. The van der Waals surface area contributed by atoms with Crippen molar-refractivity contribution >= 4 is 18.1 Å². The Morgan fingerprint density at radius 3 is 2.40 bits per heavy atom. The Bertz CT molecular complexity index is 864. The normalized spacial score (nSPS) is 22.5. The summed E-state index contributed by atoms with van der Waals surface area (Å²) >= 11 is 0. The van der Waals surface area contributed by atoms with E-state index in [-0.39, 0.29) is 6.61 Å². The lowest BCUT2D eigenvalue weighted by atomic mass is 9.80. The predicted octanol–water partition coefficient (Wildman–Crippen LogP) is 3.84. The molecule has 0 radical (unpaired) electrons. The molecular weight excluding hydrogens is 450 g/mol. The Hall–Kier alpha value is -2.81. The number of carbonyl (C=O) groups excluding carboxylic acids is 3. The van der Waals surface area contributed by atoms with E-state index in [1.807, 2.05) is 30.3 Å². The lowest BCUT2D eigenvalue weighted by Crippen LogP contribution is -2.65. The first-order valence-electron chi connectivity index (χ1n) is 12.6. The monoisotopic (exact) mass is 489 g/mol. The number of hydrogen-bond acceptors (Lipinski definition) is 6. The number of hydrogen-bond donors (Lipinski definition) is 3. The molecule has 9 heteroatoms. The van der Waals surface area contributed by atoms with Gasteiger partial charge in [0, 0.05) is 6.54 Å². The van der Waals surface area contributed by atoms with Crippen molar-refractivity contribution in [2.75, 3.05) is 6.54 Å². The smallest absolute Gasteiger partial charge is 0.411 e. The molecule has 1 heterocycles. The molecule has 2 atom stereocenters. The Kier molecular flexibility index (Phi) is 8.99. The van der Waals surface area contributed by atoms with Gasteiger partial charge >= 0.3 is 12.2 Å². The van der Waals surface area contributed by atoms with Crippen LogP contribution in [0.1, 0.15) is 77.7 Å². The van der Waals surface area contributed by atoms with Crippen LogP contribution in [0.25, 0.3) is 0 Å². The second-order valence-electron chi connectivity index (χ2n) is 10.5. The van der Waals surface area contributed by atoms with Gasteiger partial charge < -0.3 is 25.2 Å². The molecule has 0 aromatic heterocycles. The third-order valence-electron chi connectivity index (χ3n) is 6.45. The van der Waals surface area contributed by atoms with Crippen molar-refractivity contribution in [1.29, 1.82) is 0 Å². The van der Waals surface area contributed by atoms with Crippen LogP contribution in [0, 0.1) is 0 Å². The van der Waals surface area contributed by atoms with Crippen LogP contribution in [0.4, 0.5) is 9.59 Å². The SMILES string of the molecule is CC(C)(C)OC(=O)NC1(C(=O)NC2C(O)CCCCN2C(=O)OCc2ccccc2)CCCCC1. The minimum Gasteiger partial charge on any atom is -0.444 e. The van der Waals surface area contributed by atoms with Gasteiger partial charge in [0.2, 0.25) is 5.91 Å². The number of likely N-dealkylation sites (tertiary alicyclic amines) is 1. The number of rotatable bonds is 5. The fourth-order valence-corrected chi connectivity index (χ4v) is 4.66. The van der Waals surface area contributed by atoms with E-state index in [1.165, 1.54) is 4.90 Å². The van der Waals surface area contributed by atoms with E-state index in [9.17, 15) is 19.5 Å². The summed E-state index contributed by atoms with van der Waals surface area (Å²) in [5.74, 6) is -0.421. The summed E-state index contributed by atoms with van der Waals surface area (Å²) in [6, 6.07) is 9.33. The fourth-order valence-electron chi connectivity index (χ4n) is 4.66. The molecule has 2 aliphatic rings. The van der Waals surface area contributed by atoms with E-state index in [2.05, 4.69) is 10.6 Å². The quantitative estimate of drug-likeness (QED) is 0.579. The average Bonchev–Trinajstić information content (AvgIpc) is 2.99. The van der Waals surface area contributed by atoms with E-state index in [0.29, 0.717) is 32.2 Å².